The fraction of sp³-hybridized carbons (Fsp3) is 0.273. The molecule has 0 saturated heterocycles. The molecule has 0 aliphatic rings. The topological polar surface area (TPSA) is 115 Å². The van der Waals surface area contributed by atoms with Gasteiger partial charge in [0, 0.05) is 0 Å². The van der Waals surface area contributed by atoms with Gasteiger partial charge in [-0.2, -0.15) is 0 Å². The molecule has 0 spiro atoms. The number of aliphatic hydroxyl groups excluding tert-OH is 2. The lowest BCUT2D eigenvalue weighted by Crippen LogP contribution is -2.28. The smallest absolute Gasteiger partial charge is 0.335 e. The van der Waals surface area contributed by atoms with Crippen LogP contribution in [0, 0.1) is 6.92 Å². The van der Waals surface area contributed by atoms with Crippen molar-refractivity contribution in [3.05, 3.63) is 34.9 Å². The fourth-order valence-corrected chi connectivity index (χ4v) is 1.51. The number of carboxylic acid groups (broad SMARTS) is 2. The summed E-state index contributed by atoms with van der Waals surface area (Å²) in [5.41, 5.74) is 0.270. The first-order chi connectivity index (χ1) is 7.86. The molecule has 0 radical (unpaired) electrons. The first-order valence-electron chi connectivity index (χ1n) is 4.78. The van der Waals surface area contributed by atoms with Crippen molar-refractivity contribution in [2.24, 2.45) is 0 Å². The molecule has 0 bridgehead atoms. The van der Waals surface area contributed by atoms with Crippen LogP contribution in [-0.2, 0) is 4.79 Å². The van der Waals surface area contributed by atoms with E-state index in [1.54, 1.807) is 0 Å². The predicted molar refractivity (Wildman–Crippen MR) is 56.7 cm³/mol. The van der Waals surface area contributed by atoms with E-state index in [2.05, 4.69) is 0 Å². The van der Waals surface area contributed by atoms with Crippen molar-refractivity contribution in [3.63, 3.8) is 0 Å². The Morgan fingerprint density at radius 3 is 2.24 bits per heavy atom. The van der Waals surface area contributed by atoms with Crippen LogP contribution in [0.2, 0.25) is 0 Å². The molecule has 1 aromatic rings. The van der Waals surface area contributed by atoms with E-state index in [-0.39, 0.29) is 16.7 Å². The third kappa shape index (κ3) is 2.61. The van der Waals surface area contributed by atoms with Crippen LogP contribution in [0.5, 0.6) is 0 Å². The number of carboxylic acids is 2. The van der Waals surface area contributed by atoms with E-state index >= 15 is 0 Å². The van der Waals surface area contributed by atoms with Crippen molar-refractivity contribution in [2.75, 3.05) is 0 Å². The highest BCUT2D eigenvalue weighted by atomic mass is 16.4. The molecule has 17 heavy (non-hydrogen) atoms. The van der Waals surface area contributed by atoms with Crippen LogP contribution in [0.3, 0.4) is 0 Å². The molecule has 6 heteroatoms. The molecule has 1 rings (SSSR count). The summed E-state index contributed by atoms with van der Waals surface area (Å²) in [5.74, 6) is -2.75. The fourth-order valence-electron chi connectivity index (χ4n) is 1.51. The van der Waals surface area contributed by atoms with Crippen molar-refractivity contribution >= 4 is 11.9 Å². The van der Waals surface area contributed by atoms with E-state index in [9.17, 15) is 19.8 Å². The van der Waals surface area contributed by atoms with Gasteiger partial charge in [0.25, 0.3) is 0 Å². The van der Waals surface area contributed by atoms with Crippen molar-refractivity contribution in [1.82, 2.24) is 0 Å². The Morgan fingerprint density at radius 1 is 1.18 bits per heavy atom. The Hall–Kier alpha value is -1.92. The lowest BCUT2D eigenvalue weighted by Gasteiger charge is -2.17. The Balaban J connectivity index is 3.19. The SMILES string of the molecule is Cc1c(C(=O)O)cccc1C(O)C(O)C(=O)O. The second kappa shape index (κ2) is 4.94. The van der Waals surface area contributed by atoms with Gasteiger partial charge in [-0.3, -0.25) is 0 Å². The van der Waals surface area contributed by atoms with Crippen LogP contribution < -0.4 is 0 Å². The highest BCUT2D eigenvalue weighted by molar-refractivity contribution is 5.89. The average Bonchev–Trinajstić information content (AvgIpc) is 2.26. The Bertz CT molecular complexity index is 453. The van der Waals surface area contributed by atoms with Crippen LogP contribution >= 0.6 is 0 Å². The van der Waals surface area contributed by atoms with Crippen molar-refractivity contribution in [1.29, 1.82) is 0 Å². The van der Waals surface area contributed by atoms with Crippen molar-refractivity contribution in [2.45, 2.75) is 19.1 Å². The number of aromatic carboxylic acids is 1. The zero-order valence-corrected chi connectivity index (χ0v) is 8.99. The molecule has 0 fully saturated rings. The van der Waals surface area contributed by atoms with Gasteiger partial charge in [0.05, 0.1) is 5.56 Å². The van der Waals surface area contributed by atoms with Crippen molar-refractivity contribution < 1.29 is 30.0 Å². The summed E-state index contributed by atoms with van der Waals surface area (Å²) in [6.45, 7) is 1.44. The summed E-state index contributed by atoms with van der Waals surface area (Å²) in [7, 11) is 0. The summed E-state index contributed by atoms with van der Waals surface area (Å²) in [5, 5.41) is 36.2. The Kier molecular flexibility index (Phi) is 3.82. The largest absolute Gasteiger partial charge is 0.479 e. The molecule has 0 saturated carbocycles. The molecule has 2 atom stereocenters. The normalized spacial score (nSPS) is 14.1. The third-order valence-corrected chi connectivity index (χ3v) is 2.48. The number of benzene rings is 1. The van der Waals surface area contributed by atoms with Gasteiger partial charge in [0.2, 0.25) is 0 Å². The van der Waals surface area contributed by atoms with E-state index in [0.29, 0.717) is 0 Å². The maximum absolute atomic E-state index is 10.8. The van der Waals surface area contributed by atoms with Gasteiger partial charge < -0.3 is 20.4 Å². The molecule has 0 aromatic heterocycles. The number of carbonyl (C=O) groups is 2. The Labute approximate surface area is 96.8 Å². The summed E-state index contributed by atoms with van der Waals surface area (Å²) < 4.78 is 0. The molecule has 4 N–H and O–H groups in total. The van der Waals surface area contributed by atoms with Gasteiger partial charge in [0.1, 0.15) is 6.10 Å². The number of hydrogen-bond donors (Lipinski definition) is 4. The Morgan fingerprint density at radius 2 is 1.76 bits per heavy atom. The second-order valence-corrected chi connectivity index (χ2v) is 3.55. The van der Waals surface area contributed by atoms with Gasteiger partial charge in [-0.1, -0.05) is 12.1 Å². The predicted octanol–water partition coefficient (Wildman–Crippen LogP) is 0.172. The van der Waals surface area contributed by atoms with Crippen LogP contribution in [0.4, 0.5) is 0 Å². The molecule has 92 valence electrons. The van der Waals surface area contributed by atoms with Crippen LogP contribution in [0.1, 0.15) is 27.6 Å². The minimum Gasteiger partial charge on any atom is -0.479 e. The summed E-state index contributed by atoms with van der Waals surface area (Å²) >= 11 is 0. The van der Waals surface area contributed by atoms with Crippen molar-refractivity contribution in [3.8, 4) is 0 Å². The maximum atomic E-state index is 10.8. The van der Waals surface area contributed by atoms with Gasteiger partial charge in [-0.25, -0.2) is 9.59 Å². The third-order valence-electron chi connectivity index (χ3n) is 2.48. The zero-order valence-electron chi connectivity index (χ0n) is 8.99. The molecule has 1 aromatic carbocycles. The van der Waals surface area contributed by atoms with Gasteiger partial charge in [-0.15, -0.1) is 0 Å². The molecule has 0 aliphatic carbocycles. The van der Waals surface area contributed by atoms with Gasteiger partial charge in [-0.05, 0) is 24.1 Å². The summed E-state index contributed by atoms with van der Waals surface area (Å²) in [6, 6.07) is 4.09. The molecule has 0 aliphatic heterocycles. The second-order valence-electron chi connectivity index (χ2n) is 3.55. The van der Waals surface area contributed by atoms with Gasteiger partial charge >= 0.3 is 11.9 Å². The first-order valence-corrected chi connectivity index (χ1v) is 4.78. The summed E-state index contributed by atoms with van der Waals surface area (Å²) in [6.07, 6.45) is -3.65. The molecule has 2 unspecified atom stereocenters. The number of aliphatic carboxylic acids is 1. The minimum absolute atomic E-state index is 0.0425. The lowest BCUT2D eigenvalue weighted by atomic mass is 9.95. The van der Waals surface area contributed by atoms with Crippen LogP contribution in [-0.4, -0.2) is 38.5 Å². The maximum Gasteiger partial charge on any atom is 0.335 e. The van der Waals surface area contributed by atoms with E-state index in [0.717, 1.165) is 0 Å². The standard InChI is InChI=1S/C11H12O6/c1-5-6(8(12)9(13)11(16)17)3-2-4-7(5)10(14)15/h2-4,8-9,12-13H,1H3,(H,14,15)(H,16,17). The quantitative estimate of drug-likeness (QED) is 0.596. The highest BCUT2D eigenvalue weighted by Crippen LogP contribution is 2.23. The molecule has 0 heterocycles. The summed E-state index contributed by atoms with van der Waals surface area (Å²) in [4.78, 5) is 21.4. The first kappa shape index (κ1) is 13.1. The van der Waals surface area contributed by atoms with E-state index < -0.39 is 24.1 Å². The molecule has 6 nitrogen and oxygen atoms in total. The van der Waals surface area contributed by atoms with E-state index in [1.165, 1.54) is 25.1 Å². The zero-order chi connectivity index (χ0) is 13.2. The van der Waals surface area contributed by atoms with Crippen LogP contribution in [0.15, 0.2) is 18.2 Å². The van der Waals surface area contributed by atoms with Gasteiger partial charge in [0.15, 0.2) is 6.10 Å². The number of aliphatic hydroxyl groups is 2. The average molecular weight is 240 g/mol. The van der Waals surface area contributed by atoms with E-state index in [1.807, 2.05) is 0 Å². The number of rotatable bonds is 4. The highest BCUT2D eigenvalue weighted by Gasteiger charge is 2.27. The number of hydrogen-bond acceptors (Lipinski definition) is 4. The van der Waals surface area contributed by atoms with Crippen LogP contribution in [0.25, 0.3) is 0 Å². The molecular formula is C11H12O6. The monoisotopic (exact) mass is 240 g/mol. The molecule has 0 amide bonds. The molecular weight excluding hydrogens is 228 g/mol. The lowest BCUT2D eigenvalue weighted by molar-refractivity contribution is -0.153. The van der Waals surface area contributed by atoms with E-state index in [4.69, 9.17) is 10.2 Å². The minimum atomic E-state index is -1.99.